The zero-order valence-electron chi connectivity index (χ0n) is 13.2. The third-order valence-electron chi connectivity index (χ3n) is 4.91. The van der Waals surface area contributed by atoms with Gasteiger partial charge in [0.1, 0.15) is 0 Å². The van der Waals surface area contributed by atoms with Gasteiger partial charge < -0.3 is 10.1 Å². The highest BCUT2D eigenvalue weighted by atomic mass is 16.5. The molecule has 1 aliphatic carbocycles. The fourth-order valence-electron chi connectivity index (χ4n) is 3.82. The Morgan fingerprint density at radius 2 is 1.79 bits per heavy atom. The molecule has 1 saturated carbocycles. The zero-order chi connectivity index (χ0) is 13.7. The van der Waals surface area contributed by atoms with Gasteiger partial charge in [-0.15, -0.1) is 0 Å². The molecular formula is C17H33NO. The molecule has 2 aliphatic rings. The Bertz CT molecular complexity index is 248. The van der Waals surface area contributed by atoms with Crippen molar-refractivity contribution in [2.45, 2.75) is 77.9 Å². The molecule has 0 aromatic carbocycles. The monoisotopic (exact) mass is 267 g/mol. The second kappa shape index (κ2) is 7.64. The van der Waals surface area contributed by atoms with Crippen LogP contribution in [-0.2, 0) is 4.74 Å². The van der Waals surface area contributed by atoms with Crippen molar-refractivity contribution in [3.63, 3.8) is 0 Å². The minimum atomic E-state index is 0.498. The molecule has 0 aromatic heterocycles. The minimum Gasteiger partial charge on any atom is -0.375 e. The van der Waals surface area contributed by atoms with Crippen LogP contribution >= 0.6 is 0 Å². The molecule has 0 radical (unpaired) electrons. The van der Waals surface area contributed by atoms with Crippen LogP contribution in [0, 0.1) is 17.8 Å². The molecule has 0 aromatic rings. The summed E-state index contributed by atoms with van der Waals surface area (Å²) in [6.07, 6.45) is 10.7. The van der Waals surface area contributed by atoms with Crippen molar-refractivity contribution in [1.29, 1.82) is 0 Å². The van der Waals surface area contributed by atoms with Crippen LogP contribution in [0.2, 0.25) is 0 Å². The maximum absolute atomic E-state index is 6.05. The van der Waals surface area contributed by atoms with E-state index in [9.17, 15) is 0 Å². The van der Waals surface area contributed by atoms with E-state index in [0.29, 0.717) is 12.2 Å². The molecule has 1 heterocycles. The Labute approximate surface area is 119 Å². The Kier molecular flexibility index (Phi) is 6.15. The summed E-state index contributed by atoms with van der Waals surface area (Å²) in [7, 11) is 0. The first-order valence-electron chi connectivity index (χ1n) is 8.51. The summed E-state index contributed by atoms with van der Waals surface area (Å²) < 4.78 is 6.05. The van der Waals surface area contributed by atoms with Crippen molar-refractivity contribution < 1.29 is 4.74 Å². The Hall–Kier alpha value is -0.0800. The standard InChI is InChI=1S/C17H33NO/c1-13(2)11-18-12-16(15-6-4-5-7-15)10-17-9-8-14(3)19-17/h13-18H,4-12H2,1-3H3. The highest BCUT2D eigenvalue weighted by Gasteiger charge is 2.30. The second-order valence-corrected chi connectivity index (χ2v) is 7.24. The molecule has 19 heavy (non-hydrogen) atoms. The molecule has 2 heteroatoms. The van der Waals surface area contributed by atoms with E-state index < -0.39 is 0 Å². The highest BCUT2D eigenvalue weighted by molar-refractivity contribution is 4.82. The maximum Gasteiger partial charge on any atom is 0.0583 e. The van der Waals surface area contributed by atoms with E-state index in [1.165, 1.54) is 51.5 Å². The van der Waals surface area contributed by atoms with Crippen LogP contribution in [-0.4, -0.2) is 25.3 Å². The van der Waals surface area contributed by atoms with Crippen LogP contribution in [0.3, 0.4) is 0 Å². The lowest BCUT2D eigenvalue weighted by molar-refractivity contribution is 0.0343. The van der Waals surface area contributed by atoms with Crippen LogP contribution in [0.1, 0.15) is 65.7 Å². The van der Waals surface area contributed by atoms with Crippen molar-refractivity contribution in [3.05, 3.63) is 0 Å². The molecule has 112 valence electrons. The summed E-state index contributed by atoms with van der Waals surface area (Å²) in [4.78, 5) is 0. The lowest BCUT2D eigenvalue weighted by Crippen LogP contribution is -2.32. The van der Waals surface area contributed by atoms with Crippen molar-refractivity contribution in [3.8, 4) is 0 Å². The average Bonchev–Trinajstić information content (AvgIpc) is 2.98. The molecule has 3 atom stereocenters. The van der Waals surface area contributed by atoms with E-state index in [4.69, 9.17) is 4.74 Å². The number of nitrogens with one attached hydrogen (secondary N) is 1. The smallest absolute Gasteiger partial charge is 0.0583 e. The van der Waals surface area contributed by atoms with Crippen LogP contribution in [0.4, 0.5) is 0 Å². The third kappa shape index (κ3) is 5.07. The summed E-state index contributed by atoms with van der Waals surface area (Å²) in [5.41, 5.74) is 0. The van der Waals surface area contributed by atoms with E-state index in [1.54, 1.807) is 0 Å². The fraction of sp³-hybridized carbons (Fsp3) is 1.00. The topological polar surface area (TPSA) is 21.3 Å². The highest BCUT2D eigenvalue weighted by Crippen LogP contribution is 2.36. The van der Waals surface area contributed by atoms with Gasteiger partial charge in [-0.05, 0) is 57.0 Å². The summed E-state index contributed by atoms with van der Waals surface area (Å²) in [6, 6.07) is 0. The fourth-order valence-corrected chi connectivity index (χ4v) is 3.82. The molecule has 0 amide bonds. The molecule has 3 unspecified atom stereocenters. The summed E-state index contributed by atoms with van der Waals surface area (Å²) >= 11 is 0. The first kappa shape index (κ1) is 15.3. The molecule has 1 aliphatic heterocycles. The van der Waals surface area contributed by atoms with Gasteiger partial charge in [-0.1, -0.05) is 39.5 Å². The SMILES string of the molecule is CC(C)CNCC(CC1CCC(C)O1)C1CCCC1. The minimum absolute atomic E-state index is 0.498. The second-order valence-electron chi connectivity index (χ2n) is 7.24. The van der Waals surface area contributed by atoms with Crippen molar-refractivity contribution in [2.24, 2.45) is 17.8 Å². The quantitative estimate of drug-likeness (QED) is 0.753. The normalized spacial score (nSPS) is 30.3. The predicted octanol–water partition coefficient (Wildman–Crippen LogP) is 4.00. The maximum atomic E-state index is 6.05. The van der Waals surface area contributed by atoms with E-state index in [2.05, 4.69) is 26.1 Å². The Balaban J connectivity index is 1.79. The number of hydrogen-bond donors (Lipinski definition) is 1. The van der Waals surface area contributed by atoms with Gasteiger partial charge in [0.2, 0.25) is 0 Å². The van der Waals surface area contributed by atoms with Crippen molar-refractivity contribution >= 4 is 0 Å². The number of rotatable bonds is 7. The van der Waals surface area contributed by atoms with Crippen LogP contribution in [0.15, 0.2) is 0 Å². The van der Waals surface area contributed by atoms with Crippen LogP contribution in [0.5, 0.6) is 0 Å². The molecule has 2 nitrogen and oxygen atoms in total. The molecule has 2 fully saturated rings. The first-order valence-corrected chi connectivity index (χ1v) is 8.51. The van der Waals surface area contributed by atoms with Crippen LogP contribution < -0.4 is 5.32 Å². The van der Waals surface area contributed by atoms with Crippen LogP contribution in [0.25, 0.3) is 0 Å². The van der Waals surface area contributed by atoms with Gasteiger partial charge in [0, 0.05) is 0 Å². The van der Waals surface area contributed by atoms with E-state index in [0.717, 1.165) is 24.3 Å². The summed E-state index contributed by atoms with van der Waals surface area (Å²) in [5, 5.41) is 3.69. The average molecular weight is 267 g/mol. The number of ether oxygens (including phenoxy) is 1. The van der Waals surface area contributed by atoms with Gasteiger partial charge in [0.15, 0.2) is 0 Å². The molecule has 1 saturated heterocycles. The molecule has 2 rings (SSSR count). The molecule has 0 spiro atoms. The van der Waals surface area contributed by atoms with E-state index in [-0.39, 0.29) is 0 Å². The van der Waals surface area contributed by atoms with E-state index >= 15 is 0 Å². The van der Waals surface area contributed by atoms with E-state index in [1.807, 2.05) is 0 Å². The van der Waals surface area contributed by atoms with Gasteiger partial charge in [0.05, 0.1) is 12.2 Å². The summed E-state index contributed by atoms with van der Waals surface area (Å²) in [5.74, 6) is 2.56. The van der Waals surface area contributed by atoms with Crippen molar-refractivity contribution in [1.82, 2.24) is 5.32 Å². The molecule has 0 bridgehead atoms. The summed E-state index contributed by atoms with van der Waals surface area (Å²) in [6.45, 7) is 9.17. The lowest BCUT2D eigenvalue weighted by Gasteiger charge is -2.27. The third-order valence-corrected chi connectivity index (χ3v) is 4.91. The molecular weight excluding hydrogens is 234 g/mol. The molecule has 1 N–H and O–H groups in total. The first-order chi connectivity index (χ1) is 9.15. The van der Waals surface area contributed by atoms with Gasteiger partial charge in [-0.25, -0.2) is 0 Å². The van der Waals surface area contributed by atoms with Gasteiger partial charge in [-0.3, -0.25) is 0 Å². The lowest BCUT2D eigenvalue weighted by atomic mass is 9.85. The Morgan fingerprint density at radius 3 is 2.37 bits per heavy atom. The van der Waals surface area contributed by atoms with Crippen molar-refractivity contribution in [2.75, 3.05) is 13.1 Å². The predicted molar refractivity (Wildman–Crippen MR) is 81.3 cm³/mol. The largest absolute Gasteiger partial charge is 0.375 e. The Morgan fingerprint density at radius 1 is 1.05 bits per heavy atom. The number of hydrogen-bond acceptors (Lipinski definition) is 2. The van der Waals surface area contributed by atoms with Gasteiger partial charge >= 0.3 is 0 Å². The van der Waals surface area contributed by atoms with Gasteiger partial charge in [-0.2, -0.15) is 0 Å². The zero-order valence-corrected chi connectivity index (χ0v) is 13.2. The van der Waals surface area contributed by atoms with Gasteiger partial charge in [0.25, 0.3) is 0 Å².